The first-order chi connectivity index (χ1) is 17.9. The zero-order chi connectivity index (χ0) is 24.9. The molecule has 190 valence electrons. The molecule has 1 atom stereocenters. The van der Waals surface area contributed by atoms with Crippen molar-refractivity contribution >= 4 is 21.4 Å². The number of urea groups is 1. The minimum atomic E-state index is -2.45. The molecule has 9 heteroatoms. The maximum atomic E-state index is 13.2. The predicted octanol–water partition coefficient (Wildman–Crippen LogP) is 4.85. The lowest BCUT2D eigenvalue weighted by atomic mass is 9.57. The molecule has 0 unspecified atom stereocenters. The number of rotatable bonds is 3. The highest BCUT2D eigenvalue weighted by Gasteiger charge is 2.56. The average Bonchev–Trinajstić information content (AvgIpc) is 3.54. The van der Waals surface area contributed by atoms with Crippen LogP contribution >= 0.6 is 0 Å². The lowest BCUT2D eigenvalue weighted by Crippen LogP contribution is -2.67. The van der Waals surface area contributed by atoms with Gasteiger partial charge in [0.05, 0.1) is 20.3 Å². The Morgan fingerprint density at radius 3 is 2.43 bits per heavy atom. The number of carbonyl (C=O) groups is 1. The van der Waals surface area contributed by atoms with Crippen LogP contribution in [0.2, 0.25) is 0 Å². The molecule has 2 saturated carbocycles. The van der Waals surface area contributed by atoms with Gasteiger partial charge < -0.3 is 14.8 Å². The number of benzene rings is 2. The van der Waals surface area contributed by atoms with Crippen molar-refractivity contribution in [3.8, 4) is 11.1 Å². The molecule has 8 rings (SSSR count). The number of fused-ring (bicyclic) bond motifs is 3. The Morgan fingerprint density at radius 2 is 1.68 bits per heavy atom. The van der Waals surface area contributed by atoms with Crippen LogP contribution in [0.5, 0.6) is 0 Å². The van der Waals surface area contributed by atoms with Gasteiger partial charge in [-0.05, 0) is 43.4 Å². The van der Waals surface area contributed by atoms with Gasteiger partial charge in [-0.2, -0.15) is 4.36 Å². The lowest BCUT2D eigenvalue weighted by molar-refractivity contribution is -0.0601. The molecule has 8 nitrogen and oxygen atoms in total. The van der Waals surface area contributed by atoms with Crippen LogP contribution in [0.25, 0.3) is 11.1 Å². The average molecular weight is 515 g/mol. The number of amides is 2. The molecule has 2 amide bonds. The van der Waals surface area contributed by atoms with Crippen LogP contribution in [0.4, 0.5) is 10.5 Å². The number of likely N-dealkylation sites (tertiary alicyclic amines) is 2. The van der Waals surface area contributed by atoms with Gasteiger partial charge in [0.1, 0.15) is 11.6 Å². The molecule has 2 saturated heterocycles. The first-order valence-electron chi connectivity index (χ1n) is 13.3. The molecule has 4 heterocycles. The highest BCUT2D eigenvalue weighted by molar-refractivity contribution is 7.93. The fourth-order valence-electron chi connectivity index (χ4n) is 6.76. The zero-order valence-electron chi connectivity index (χ0n) is 20.9. The molecular formula is C28H30N6O2S. The van der Waals surface area contributed by atoms with Crippen molar-refractivity contribution in [1.82, 2.24) is 25.0 Å². The summed E-state index contributed by atoms with van der Waals surface area (Å²) >= 11 is 0. The summed E-state index contributed by atoms with van der Waals surface area (Å²) in [5.41, 5.74) is 4.29. The van der Waals surface area contributed by atoms with Crippen molar-refractivity contribution in [2.75, 3.05) is 32.4 Å². The normalized spacial score (nSPS) is 26.0. The molecular weight excluding hydrogens is 484 g/mol. The minimum Gasteiger partial charge on any atom is -0.328 e. The van der Waals surface area contributed by atoms with Gasteiger partial charge in [-0.25, -0.2) is 9.00 Å². The molecule has 2 aliphatic carbocycles. The van der Waals surface area contributed by atoms with E-state index in [1.165, 1.54) is 18.4 Å². The van der Waals surface area contributed by atoms with Crippen molar-refractivity contribution in [1.29, 1.82) is 0 Å². The first-order valence-corrected chi connectivity index (χ1v) is 15.2. The molecule has 2 aromatic carbocycles. The summed E-state index contributed by atoms with van der Waals surface area (Å²) in [6, 6.07) is 14.3. The van der Waals surface area contributed by atoms with Crippen LogP contribution in [0.1, 0.15) is 60.6 Å². The van der Waals surface area contributed by atoms with Gasteiger partial charge in [-0.1, -0.05) is 30.3 Å². The zero-order valence-corrected chi connectivity index (χ0v) is 21.7. The summed E-state index contributed by atoms with van der Waals surface area (Å²) in [5, 5.41) is 8.73. The van der Waals surface area contributed by atoms with E-state index in [2.05, 4.69) is 37.7 Å². The van der Waals surface area contributed by atoms with Crippen LogP contribution in [-0.2, 0) is 9.73 Å². The number of aromatic nitrogens is 3. The Hall–Kier alpha value is -3.20. The monoisotopic (exact) mass is 514 g/mol. The lowest BCUT2D eigenvalue weighted by Gasteiger charge is -2.59. The topological polar surface area (TPSA) is 94.6 Å². The number of H-pyrrole nitrogens is 1. The third-order valence-corrected chi connectivity index (χ3v) is 10.8. The number of nitrogens with zero attached hydrogens (tertiary/aromatic N) is 5. The van der Waals surface area contributed by atoms with E-state index < -0.39 is 9.73 Å². The SMILES string of the molecule is C[S@@]1(=O)=Nc2cc(C3CN(C(=O)N4CC5(CC(c6nnc(C7CC7)[nH]6)C5)C4)C3)ccc2-c2ccccc21. The molecule has 1 aromatic heterocycles. The molecule has 4 fully saturated rings. The Kier molecular flexibility index (Phi) is 4.39. The second kappa shape index (κ2) is 7.43. The Labute approximate surface area is 216 Å². The maximum absolute atomic E-state index is 13.2. The quantitative estimate of drug-likeness (QED) is 0.541. The van der Waals surface area contributed by atoms with E-state index in [1.54, 1.807) is 6.26 Å². The van der Waals surface area contributed by atoms with Gasteiger partial charge in [0.25, 0.3) is 0 Å². The fourth-order valence-corrected chi connectivity index (χ4v) is 8.30. The summed E-state index contributed by atoms with van der Waals surface area (Å²) in [6.45, 7) is 3.16. The van der Waals surface area contributed by atoms with Crippen LogP contribution in [0, 0.1) is 5.41 Å². The molecule has 3 aliphatic heterocycles. The fraction of sp³-hybridized carbons (Fsp3) is 0.464. The summed E-state index contributed by atoms with van der Waals surface area (Å²) < 4.78 is 17.8. The summed E-state index contributed by atoms with van der Waals surface area (Å²) in [7, 11) is -2.45. The Balaban J connectivity index is 0.886. The Morgan fingerprint density at radius 1 is 0.946 bits per heavy atom. The number of nitrogens with one attached hydrogen (secondary N) is 1. The Bertz CT molecular complexity index is 1560. The van der Waals surface area contributed by atoms with Crippen molar-refractivity contribution in [2.24, 2.45) is 9.78 Å². The minimum absolute atomic E-state index is 0.161. The number of carbonyl (C=O) groups excluding carboxylic acids is 1. The smallest absolute Gasteiger partial charge is 0.320 e. The van der Waals surface area contributed by atoms with Crippen LogP contribution in [0.15, 0.2) is 51.7 Å². The van der Waals surface area contributed by atoms with E-state index in [-0.39, 0.29) is 11.4 Å². The second-order valence-corrected chi connectivity index (χ2v) is 14.1. The third-order valence-electron chi connectivity index (χ3n) is 9.06. The predicted molar refractivity (Wildman–Crippen MR) is 140 cm³/mol. The molecule has 1 spiro atoms. The van der Waals surface area contributed by atoms with Gasteiger partial charge >= 0.3 is 6.03 Å². The van der Waals surface area contributed by atoms with Crippen molar-refractivity contribution in [3.63, 3.8) is 0 Å². The number of aromatic amines is 1. The number of hydrogen-bond acceptors (Lipinski definition) is 5. The van der Waals surface area contributed by atoms with Gasteiger partial charge in [-0.3, -0.25) is 0 Å². The molecule has 5 aliphatic rings. The number of hydrogen-bond donors (Lipinski definition) is 1. The first kappa shape index (κ1) is 21.8. The molecule has 0 radical (unpaired) electrons. The van der Waals surface area contributed by atoms with E-state index >= 15 is 0 Å². The molecule has 37 heavy (non-hydrogen) atoms. The van der Waals surface area contributed by atoms with Crippen LogP contribution < -0.4 is 0 Å². The van der Waals surface area contributed by atoms with E-state index in [0.717, 1.165) is 72.4 Å². The molecule has 1 N–H and O–H groups in total. The third kappa shape index (κ3) is 3.39. The van der Waals surface area contributed by atoms with Gasteiger partial charge in [0.15, 0.2) is 0 Å². The summed E-state index contributed by atoms with van der Waals surface area (Å²) in [4.78, 5) is 21.3. The summed E-state index contributed by atoms with van der Waals surface area (Å²) in [5.74, 6) is 3.47. The van der Waals surface area contributed by atoms with Crippen LogP contribution in [0.3, 0.4) is 0 Å². The highest BCUT2D eigenvalue weighted by Crippen LogP contribution is 2.56. The molecule has 3 aromatic rings. The van der Waals surface area contributed by atoms with Gasteiger partial charge in [-0.15, -0.1) is 10.2 Å². The van der Waals surface area contributed by atoms with E-state index in [9.17, 15) is 9.00 Å². The van der Waals surface area contributed by atoms with Gasteiger partial charge in [0.2, 0.25) is 0 Å². The van der Waals surface area contributed by atoms with Crippen LogP contribution in [-0.4, -0.2) is 67.7 Å². The van der Waals surface area contributed by atoms with E-state index in [1.807, 2.05) is 34.1 Å². The standard InChI is InChI=1S/C28H30N6O2S/c1-37(36)24-5-3-2-4-22(24)21-9-8-18(10-23(21)32-37)20-13-33(14-20)27(35)34-15-28(16-34)11-19(12-28)26-29-25(30-31-26)17-6-7-17/h2-5,8-10,17,19-20H,6-7,11-16H2,1H3,(H,29,30,31)/t37-/m0/s1. The van der Waals surface area contributed by atoms with E-state index in [4.69, 9.17) is 0 Å². The van der Waals surface area contributed by atoms with Crippen molar-refractivity contribution in [3.05, 3.63) is 59.7 Å². The highest BCUT2D eigenvalue weighted by atomic mass is 32.2. The van der Waals surface area contributed by atoms with E-state index in [0.29, 0.717) is 17.8 Å². The van der Waals surface area contributed by atoms with Crippen molar-refractivity contribution < 1.29 is 9.00 Å². The second-order valence-electron chi connectivity index (χ2n) is 11.9. The summed E-state index contributed by atoms with van der Waals surface area (Å²) in [6.07, 6.45) is 6.37. The van der Waals surface area contributed by atoms with Crippen molar-refractivity contribution in [2.45, 2.75) is 48.3 Å². The largest absolute Gasteiger partial charge is 0.328 e. The van der Waals surface area contributed by atoms with Gasteiger partial charge in [0, 0.05) is 66.7 Å². The maximum Gasteiger partial charge on any atom is 0.320 e. The molecule has 0 bridgehead atoms.